The van der Waals surface area contributed by atoms with Crippen molar-refractivity contribution < 1.29 is 14.7 Å². The van der Waals surface area contributed by atoms with Crippen LogP contribution in [0.2, 0.25) is 0 Å². The van der Waals surface area contributed by atoms with Crippen molar-refractivity contribution in [2.75, 3.05) is 6.54 Å². The van der Waals surface area contributed by atoms with E-state index in [-0.39, 0.29) is 11.6 Å². The number of carboxylic acids is 1. The summed E-state index contributed by atoms with van der Waals surface area (Å²) in [6.07, 6.45) is 1.37. The van der Waals surface area contributed by atoms with E-state index in [1.807, 2.05) is 18.4 Å². The molecule has 0 bridgehead atoms. The van der Waals surface area contributed by atoms with Crippen LogP contribution < -0.4 is 5.32 Å². The Morgan fingerprint density at radius 1 is 1.40 bits per heavy atom. The van der Waals surface area contributed by atoms with Crippen LogP contribution in [0.3, 0.4) is 0 Å². The van der Waals surface area contributed by atoms with E-state index in [2.05, 4.69) is 10.3 Å². The highest BCUT2D eigenvalue weighted by molar-refractivity contribution is 7.12. The fourth-order valence-electron chi connectivity index (χ4n) is 1.70. The van der Waals surface area contributed by atoms with Crippen LogP contribution in [0.4, 0.5) is 0 Å². The topological polar surface area (TPSA) is 79.3 Å². The number of amides is 1. The van der Waals surface area contributed by atoms with Crippen molar-refractivity contribution in [2.24, 2.45) is 0 Å². The zero-order chi connectivity index (χ0) is 14.5. The van der Waals surface area contributed by atoms with Gasteiger partial charge in [-0.05, 0) is 23.4 Å². The molecule has 0 aromatic carbocycles. The maximum absolute atomic E-state index is 12.0. The Morgan fingerprint density at radius 3 is 2.85 bits per heavy atom. The lowest BCUT2D eigenvalue weighted by molar-refractivity contribution is 0.0690. The molecule has 0 fully saturated rings. The molecule has 0 saturated carbocycles. The number of thiazole rings is 1. The van der Waals surface area contributed by atoms with Crippen LogP contribution in [0.25, 0.3) is 0 Å². The Hall–Kier alpha value is -1.73. The van der Waals surface area contributed by atoms with Gasteiger partial charge in [0.05, 0.1) is 9.88 Å². The zero-order valence-electron chi connectivity index (χ0n) is 10.9. The summed E-state index contributed by atoms with van der Waals surface area (Å²) in [4.78, 5) is 27.4. The van der Waals surface area contributed by atoms with E-state index in [1.54, 1.807) is 0 Å². The highest BCUT2D eigenvalue weighted by Crippen LogP contribution is 2.17. The monoisotopic (exact) mass is 310 g/mol. The fourth-order valence-corrected chi connectivity index (χ4v) is 3.38. The van der Waals surface area contributed by atoms with Gasteiger partial charge in [0.15, 0.2) is 5.69 Å². The molecule has 106 valence electrons. The lowest BCUT2D eigenvalue weighted by atomic mass is 10.2. The molecule has 20 heavy (non-hydrogen) atoms. The van der Waals surface area contributed by atoms with Crippen molar-refractivity contribution in [3.05, 3.63) is 38.0 Å². The van der Waals surface area contributed by atoms with E-state index in [0.717, 1.165) is 16.9 Å². The molecule has 2 aromatic heterocycles. The Bertz CT molecular complexity index is 619. The van der Waals surface area contributed by atoms with Gasteiger partial charge >= 0.3 is 5.97 Å². The van der Waals surface area contributed by atoms with Gasteiger partial charge < -0.3 is 10.4 Å². The third-order valence-electron chi connectivity index (χ3n) is 2.73. The van der Waals surface area contributed by atoms with E-state index in [0.29, 0.717) is 18.0 Å². The largest absolute Gasteiger partial charge is 0.476 e. The summed E-state index contributed by atoms with van der Waals surface area (Å²) in [6, 6.07) is 1.96. The van der Waals surface area contributed by atoms with Gasteiger partial charge in [0.1, 0.15) is 0 Å². The highest BCUT2D eigenvalue weighted by atomic mass is 32.1. The second-order valence-electron chi connectivity index (χ2n) is 4.07. The van der Waals surface area contributed by atoms with Gasteiger partial charge in [0.2, 0.25) is 0 Å². The summed E-state index contributed by atoms with van der Waals surface area (Å²) in [5.41, 5.74) is 1.11. The first-order valence-electron chi connectivity index (χ1n) is 6.14. The molecule has 2 aromatic rings. The van der Waals surface area contributed by atoms with Gasteiger partial charge in [-0.2, -0.15) is 0 Å². The standard InChI is InChI=1S/C13H14N2O3S2/c1-2-8-4-6-19-11(8)12(16)14-5-3-10-15-9(7-20-10)13(17)18/h4,6-7H,2-3,5H2,1H3,(H,14,16)(H,17,18). The van der Waals surface area contributed by atoms with Crippen LogP contribution in [0.5, 0.6) is 0 Å². The van der Waals surface area contributed by atoms with Crippen molar-refractivity contribution in [1.82, 2.24) is 10.3 Å². The molecule has 0 unspecified atom stereocenters. The minimum Gasteiger partial charge on any atom is -0.476 e. The molecule has 0 saturated heterocycles. The second-order valence-corrected chi connectivity index (χ2v) is 5.92. The third kappa shape index (κ3) is 3.43. The molecule has 0 aliphatic heterocycles. The molecule has 1 amide bonds. The average molecular weight is 310 g/mol. The lowest BCUT2D eigenvalue weighted by Crippen LogP contribution is -2.25. The molecule has 7 heteroatoms. The number of hydrogen-bond donors (Lipinski definition) is 2. The normalized spacial score (nSPS) is 10.4. The number of thiophene rings is 1. The summed E-state index contributed by atoms with van der Waals surface area (Å²) in [7, 11) is 0. The highest BCUT2D eigenvalue weighted by Gasteiger charge is 2.12. The number of aryl methyl sites for hydroxylation is 1. The zero-order valence-corrected chi connectivity index (χ0v) is 12.5. The lowest BCUT2D eigenvalue weighted by Gasteiger charge is -2.03. The number of aromatic nitrogens is 1. The van der Waals surface area contributed by atoms with Crippen LogP contribution in [0, 0.1) is 0 Å². The van der Waals surface area contributed by atoms with Crippen molar-refractivity contribution in [3.63, 3.8) is 0 Å². The van der Waals surface area contributed by atoms with Gasteiger partial charge in [0, 0.05) is 18.3 Å². The maximum atomic E-state index is 12.0. The molecular formula is C13H14N2O3S2. The Morgan fingerprint density at radius 2 is 2.20 bits per heavy atom. The summed E-state index contributed by atoms with van der Waals surface area (Å²) >= 11 is 2.73. The molecule has 0 radical (unpaired) electrons. The number of hydrogen-bond acceptors (Lipinski definition) is 5. The van der Waals surface area contributed by atoms with E-state index in [9.17, 15) is 9.59 Å². The summed E-state index contributed by atoms with van der Waals surface area (Å²) in [5, 5.41) is 15.7. The smallest absolute Gasteiger partial charge is 0.355 e. The molecule has 0 aliphatic rings. The molecular weight excluding hydrogens is 296 g/mol. The van der Waals surface area contributed by atoms with Crippen LogP contribution >= 0.6 is 22.7 Å². The third-order valence-corrected chi connectivity index (χ3v) is 4.59. The van der Waals surface area contributed by atoms with Crippen molar-refractivity contribution in [3.8, 4) is 0 Å². The molecule has 2 rings (SSSR count). The number of carboxylic acid groups (broad SMARTS) is 1. The van der Waals surface area contributed by atoms with Crippen molar-refractivity contribution in [1.29, 1.82) is 0 Å². The Balaban J connectivity index is 1.86. The molecule has 0 atom stereocenters. The average Bonchev–Trinajstić information content (AvgIpc) is 3.07. The first-order valence-corrected chi connectivity index (χ1v) is 7.90. The van der Waals surface area contributed by atoms with Gasteiger partial charge in [-0.15, -0.1) is 22.7 Å². The van der Waals surface area contributed by atoms with Gasteiger partial charge in [-0.25, -0.2) is 9.78 Å². The number of carbonyl (C=O) groups excluding carboxylic acids is 1. The minimum absolute atomic E-state index is 0.0582. The van der Waals surface area contributed by atoms with Gasteiger partial charge in [-0.3, -0.25) is 4.79 Å². The number of carbonyl (C=O) groups is 2. The first-order chi connectivity index (χ1) is 9.61. The van der Waals surface area contributed by atoms with E-state index in [1.165, 1.54) is 28.1 Å². The molecule has 0 aliphatic carbocycles. The molecule has 2 heterocycles. The van der Waals surface area contributed by atoms with Gasteiger partial charge in [0.25, 0.3) is 5.91 Å². The fraction of sp³-hybridized carbons (Fsp3) is 0.308. The van der Waals surface area contributed by atoms with Crippen LogP contribution in [-0.2, 0) is 12.8 Å². The number of aromatic carboxylic acids is 1. The van der Waals surface area contributed by atoms with Crippen LogP contribution in [0.1, 0.15) is 37.7 Å². The summed E-state index contributed by atoms with van der Waals surface area (Å²) in [5.74, 6) is -1.10. The maximum Gasteiger partial charge on any atom is 0.355 e. The van der Waals surface area contributed by atoms with E-state index in [4.69, 9.17) is 5.11 Å². The SMILES string of the molecule is CCc1ccsc1C(=O)NCCc1nc(C(=O)O)cs1. The van der Waals surface area contributed by atoms with Gasteiger partial charge in [-0.1, -0.05) is 6.92 Å². The number of nitrogens with one attached hydrogen (secondary N) is 1. The molecule has 2 N–H and O–H groups in total. The first kappa shape index (κ1) is 14.7. The van der Waals surface area contributed by atoms with Crippen LogP contribution in [0.15, 0.2) is 16.8 Å². The van der Waals surface area contributed by atoms with Crippen LogP contribution in [-0.4, -0.2) is 28.5 Å². The second kappa shape index (κ2) is 6.62. The van der Waals surface area contributed by atoms with E-state index >= 15 is 0 Å². The van der Waals surface area contributed by atoms with Crippen molar-refractivity contribution in [2.45, 2.75) is 19.8 Å². The molecule has 0 spiro atoms. The predicted octanol–water partition coefficient (Wildman–Crippen LogP) is 2.44. The van der Waals surface area contributed by atoms with E-state index < -0.39 is 5.97 Å². The quantitative estimate of drug-likeness (QED) is 0.859. The summed E-state index contributed by atoms with van der Waals surface area (Å²) in [6.45, 7) is 2.47. The number of nitrogens with zero attached hydrogens (tertiary/aromatic N) is 1. The Kier molecular flexibility index (Phi) is 4.86. The minimum atomic E-state index is -1.03. The van der Waals surface area contributed by atoms with Crippen molar-refractivity contribution >= 4 is 34.6 Å². The predicted molar refractivity (Wildman–Crippen MR) is 78.8 cm³/mol. The number of rotatable bonds is 6. The summed E-state index contributed by atoms with van der Waals surface area (Å²) < 4.78 is 0. The molecule has 5 nitrogen and oxygen atoms in total. The Labute approximate surface area is 124 Å².